The van der Waals surface area contributed by atoms with Crippen LogP contribution in [-0.4, -0.2) is 23.4 Å². The van der Waals surface area contributed by atoms with Crippen molar-refractivity contribution in [2.45, 2.75) is 44.0 Å². The van der Waals surface area contributed by atoms with Crippen LogP contribution in [0, 0.1) is 0 Å². The van der Waals surface area contributed by atoms with Gasteiger partial charge in [0.25, 0.3) is 0 Å². The smallest absolute Gasteiger partial charge is 0.0845 e. The van der Waals surface area contributed by atoms with Gasteiger partial charge in [-0.15, -0.1) is 6.58 Å². The predicted octanol–water partition coefficient (Wildman–Crippen LogP) is 2.71. The second kappa shape index (κ2) is 5.99. The highest BCUT2D eigenvalue weighted by Gasteiger charge is 2.26. The molecule has 1 heterocycles. The van der Waals surface area contributed by atoms with E-state index in [2.05, 4.69) is 6.58 Å². The van der Waals surface area contributed by atoms with Crippen molar-refractivity contribution in [2.24, 2.45) is 0 Å². The van der Waals surface area contributed by atoms with Gasteiger partial charge in [-0.1, -0.05) is 36.4 Å². The lowest BCUT2D eigenvalue weighted by Gasteiger charge is -2.31. The molecule has 1 aromatic carbocycles. The highest BCUT2D eigenvalue weighted by molar-refractivity contribution is 5.15. The Morgan fingerprint density at radius 2 is 2.12 bits per heavy atom. The van der Waals surface area contributed by atoms with Crippen LogP contribution < -0.4 is 0 Å². The molecule has 1 N–H and O–H groups in total. The lowest BCUT2D eigenvalue weighted by atomic mass is 9.96. The summed E-state index contributed by atoms with van der Waals surface area (Å²) in [6.07, 6.45) is 5.21. The largest absolute Gasteiger partial charge is 0.390 e. The van der Waals surface area contributed by atoms with E-state index >= 15 is 0 Å². The van der Waals surface area contributed by atoms with Crippen molar-refractivity contribution in [1.29, 1.82) is 0 Å². The van der Waals surface area contributed by atoms with Gasteiger partial charge in [0.1, 0.15) is 0 Å². The summed E-state index contributed by atoms with van der Waals surface area (Å²) < 4.78 is 5.80. The molecule has 1 fully saturated rings. The zero-order valence-corrected chi connectivity index (χ0v) is 10.1. The van der Waals surface area contributed by atoms with E-state index in [9.17, 15) is 5.11 Å². The lowest BCUT2D eigenvalue weighted by molar-refractivity contribution is -0.0877. The van der Waals surface area contributed by atoms with Crippen molar-refractivity contribution in [1.82, 2.24) is 0 Å². The molecule has 0 saturated carbocycles. The monoisotopic (exact) mass is 232 g/mol. The lowest BCUT2D eigenvalue weighted by Crippen LogP contribution is -2.37. The van der Waals surface area contributed by atoms with E-state index in [1.165, 1.54) is 0 Å². The minimum absolute atomic E-state index is 0.0491. The maximum atomic E-state index is 10.2. The third-order valence-corrected chi connectivity index (χ3v) is 3.31. The summed E-state index contributed by atoms with van der Waals surface area (Å²) in [6, 6.07) is 10.1. The number of rotatable bonds is 4. The van der Waals surface area contributed by atoms with E-state index < -0.39 is 6.10 Å². The Hall–Kier alpha value is -1.12. The second-order valence-corrected chi connectivity index (χ2v) is 4.64. The Morgan fingerprint density at radius 3 is 2.82 bits per heavy atom. The molecule has 17 heavy (non-hydrogen) atoms. The molecule has 92 valence electrons. The Balaban J connectivity index is 1.91. The SMILES string of the molecule is C=C[C@@H]1CCC[C@@H]([C@H](O)Cc2ccccc2)O1. The summed E-state index contributed by atoms with van der Waals surface area (Å²) in [6.45, 7) is 3.76. The molecule has 2 nitrogen and oxygen atoms in total. The zero-order valence-electron chi connectivity index (χ0n) is 10.1. The van der Waals surface area contributed by atoms with Crippen molar-refractivity contribution in [3.05, 3.63) is 48.6 Å². The average molecular weight is 232 g/mol. The second-order valence-electron chi connectivity index (χ2n) is 4.64. The first-order chi connectivity index (χ1) is 8.29. The highest BCUT2D eigenvalue weighted by atomic mass is 16.5. The fraction of sp³-hybridized carbons (Fsp3) is 0.467. The quantitative estimate of drug-likeness (QED) is 0.809. The third-order valence-electron chi connectivity index (χ3n) is 3.31. The molecular weight excluding hydrogens is 212 g/mol. The molecule has 1 aliphatic heterocycles. The van der Waals surface area contributed by atoms with Crippen LogP contribution in [0.4, 0.5) is 0 Å². The van der Waals surface area contributed by atoms with Gasteiger partial charge in [-0.2, -0.15) is 0 Å². The van der Waals surface area contributed by atoms with E-state index in [0.29, 0.717) is 6.42 Å². The number of benzene rings is 1. The van der Waals surface area contributed by atoms with Gasteiger partial charge in [0.05, 0.1) is 18.3 Å². The topological polar surface area (TPSA) is 29.5 Å². The van der Waals surface area contributed by atoms with Crippen molar-refractivity contribution in [2.75, 3.05) is 0 Å². The zero-order chi connectivity index (χ0) is 12.1. The van der Waals surface area contributed by atoms with E-state index in [0.717, 1.165) is 24.8 Å². The van der Waals surface area contributed by atoms with Gasteiger partial charge < -0.3 is 9.84 Å². The predicted molar refractivity (Wildman–Crippen MR) is 68.9 cm³/mol. The fourth-order valence-electron chi connectivity index (χ4n) is 2.32. The van der Waals surface area contributed by atoms with Gasteiger partial charge in [-0.05, 0) is 24.8 Å². The molecule has 0 bridgehead atoms. The first kappa shape index (κ1) is 12.3. The molecule has 0 aromatic heterocycles. The van der Waals surface area contributed by atoms with E-state index in [1.54, 1.807) is 0 Å². The molecular formula is C15H20O2. The van der Waals surface area contributed by atoms with Crippen LogP contribution in [-0.2, 0) is 11.2 Å². The normalized spacial score (nSPS) is 26.4. The molecule has 0 unspecified atom stereocenters. The van der Waals surface area contributed by atoms with Crippen molar-refractivity contribution >= 4 is 0 Å². The average Bonchev–Trinajstić information content (AvgIpc) is 2.40. The molecule has 0 amide bonds. The standard InChI is InChI=1S/C15H20O2/c1-2-13-9-6-10-15(17-13)14(16)11-12-7-4-3-5-8-12/h2-5,7-8,13-16H,1,6,9-11H2/t13-,14-,15+/m1/s1. The number of aliphatic hydroxyl groups is 1. The molecule has 1 aliphatic rings. The van der Waals surface area contributed by atoms with Crippen LogP contribution in [0.2, 0.25) is 0 Å². The Bertz CT molecular complexity index is 347. The van der Waals surface area contributed by atoms with Crippen molar-refractivity contribution < 1.29 is 9.84 Å². The first-order valence-corrected chi connectivity index (χ1v) is 6.29. The molecule has 1 saturated heterocycles. The van der Waals surface area contributed by atoms with Crippen LogP contribution >= 0.6 is 0 Å². The van der Waals surface area contributed by atoms with Crippen LogP contribution in [0.3, 0.4) is 0 Å². The fourth-order valence-corrected chi connectivity index (χ4v) is 2.32. The Kier molecular flexibility index (Phi) is 4.35. The molecule has 0 radical (unpaired) electrons. The summed E-state index contributed by atoms with van der Waals surface area (Å²) in [5, 5.41) is 10.2. The minimum atomic E-state index is -0.417. The van der Waals surface area contributed by atoms with E-state index in [1.807, 2.05) is 36.4 Å². The molecule has 0 spiro atoms. The highest BCUT2D eigenvalue weighted by Crippen LogP contribution is 2.23. The Labute approximate surface area is 103 Å². The maximum absolute atomic E-state index is 10.2. The number of ether oxygens (including phenoxy) is 1. The van der Waals surface area contributed by atoms with Crippen LogP contribution in [0.5, 0.6) is 0 Å². The molecule has 2 heteroatoms. The molecule has 3 atom stereocenters. The maximum Gasteiger partial charge on any atom is 0.0845 e. The van der Waals surface area contributed by atoms with Gasteiger partial charge in [0.15, 0.2) is 0 Å². The number of hydrogen-bond donors (Lipinski definition) is 1. The van der Waals surface area contributed by atoms with Crippen molar-refractivity contribution in [3.63, 3.8) is 0 Å². The van der Waals surface area contributed by atoms with Gasteiger partial charge in [-0.25, -0.2) is 0 Å². The van der Waals surface area contributed by atoms with Crippen LogP contribution in [0.25, 0.3) is 0 Å². The van der Waals surface area contributed by atoms with Gasteiger partial charge >= 0.3 is 0 Å². The number of hydrogen-bond acceptors (Lipinski definition) is 2. The van der Waals surface area contributed by atoms with Crippen LogP contribution in [0.15, 0.2) is 43.0 Å². The number of aliphatic hydroxyl groups excluding tert-OH is 1. The molecule has 0 aliphatic carbocycles. The summed E-state index contributed by atoms with van der Waals surface area (Å²) in [5.74, 6) is 0. The molecule has 1 aromatic rings. The molecule has 2 rings (SSSR count). The first-order valence-electron chi connectivity index (χ1n) is 6.29. The van der Waals surface area contributed by atoms with Gasteiger partial charge in [0.2, 0.25) is 0 Å². The Morgan fingerprint density at radius 1 is 1.35 bits per heavy atom. The minimum Gasteiger partial charge on any atom is -0.390 e. The summed E-state index contributed by atoms with van der Waals surface area (Å²) in [5.41, 5.74) is 1.16. The summed E-state index contributed by atoms with van der Waals surface area (Å²) in [7, 11) is 0. The van der Waals surface area contributed by atoms with Gasteiger partial charge in [0, 0.05) is 6.42 Å². The van der Waals surface area contributed by atoms with E-state index in [-0.39, 0.29) is 12.2 Å². The van der Waals surface area contributed by atoms with Gasteiger partial charge in [-0.3, -0.25) is 0 Å². The van der Waals surface area contributed by atoms with E-state index in [4.69, 9.17) is 4.74 Å². The van der Waals surface area contributed by atoms with Crippen molar-refractivity contribution in [3.8, 4) is 0 Å². The summed E-state index contributed by atoms with van der Waals surface area (Å²) in [4.78, 5) is 0. The third kappa shape index (κ3) is 3.42. The van der Waals surface area contributed by atoms with Crippen LogP contribution in [0.1, 0.15) is 24.8 Å². The summed E-state index contributed by atoms with van der Waals surface area (Å²) >= 11 is 0.